The molecule has 0 spiro atoms. The molecule has 2 aromatic heterocycles. The molecule has 0 saturated heterocycles. The first-order chi connectivity index (χ1) is 8.98. The van der Waals surface area contributed by atoms with Crippen LogP contribution in [0.3, 0.4) is 0 Å². The molecule has 3 nitrogen and oxygen atoms in total. The van der Waals surface area contributed by atoms with E-state index in [0.717, 1.165) is 23.4 Å². The lowest BCUT2D eigenvalue weighted by molar-refractivity contribution is 0.0911. The summed E-state index contributed by atoms with van der Waals surface area (Å²) < 4.78 is 2.12. The topological polar surface area (TPSA) is 34.9 Å². The van der Waals surface area contributed by atoms with Crippen molar-refractivity contribution in [2.75, 3.05) is 0 Å². The molecule has 0 radical (unpaired) electrons. The summed E-state index contributed by atoms with van der Waals surface area (Å²) >= 11 is 0. The second-order valence-corrected chi connectivity index (χ2v) is 6.15. The van der Waals surface area contributed by atoms with Gasteiger partial charge >= 0.3 is 0 Å². The van der Waals surface area contributed by atoms with Gasteiger partial charge in [0, 0.05) is 30.1 Å². The van der Waals surface area contributed by atoms with Gasteiger partial charge in [-0.1, -0.05) is 13.8 Å². The fraction of sp³-hybridized carbons (Fsp3) is 0.375. The van der Waals surface area contributed by atoms with Crippen molar-refractivity contribution in [3.8, 4) is 5.69 Å². The number of Topliss-reactive ketones (excluding diaryl/α,β-unsaturated/α-hetero) is 1. The first-order valence-corrected chi connectivity index (χ1v) is 6.62. The molecule has 0 N–H and O–H groups in total. The lowest BCUT2D eigenvalue weighted by Gasteiger charge is -2.29. The lowest BCUT2D eigenvalue weighted by atomic mass is 9.76. The highest BCUT2D eigenvalue weighted by Crippen LogP contribution is 2.36. The van der Waals surface area contributed by atoms with Crippen molar-refractivity contribution >= 4 is 5.78 Å². The van der Waals surface area contributed by atoms with Crippen molar-refractivity contribution in [3.63, 3.8) is 0 Å². The maximum atomic E-state index is 12.2. The van der Waals surface area contributed by atoms with Crippen LogP contribution in [-0.2, 0) is 6.42 Å². The van der Waals surface area contributed by atoms with Crippen molar-refractivity contribution in [2.45, 2.75) is 33.6 Å². The van der Waals surface area contributed by atoms with Crippen LogP contribution in [0.5, 0.6) is 0 Å². The van der Waals surface area contributed by atoms with Crippen molar-refractivity contribution in [2.24, 2.45) is 5.41 Å². The molecule has 0 atom stereocenters. The predicted molar refractivity (Wildman–Crippen MR) is 74.7 cm³/mol. The van der Waals surface area contributed by atoms with E-state index in [1.807, 2.05) is 24.5 Å². The zero-order valence-corrected chi connectivity index (χ0v) is 11.6. The van der Waals surface area contributed by atoms with Crippen LogP contribution in [-0.4, -0.2) is 15.3 Å². The number of hydrogen-bond acceptors (Lipinski definition) is 2. The Morgan fingerprint density at radius 3 is 2.79 bits per heavy atom. The number of rotatable bonds is 1. The van der Waals surface area contributed by atoms with Gasteiger partial charge in [-0.3, -0.25) is 9.78 Å². The Bertz CT molecular complexity index is 653. The van der Waals surface area contributed by atoms with Crippen LogP contribution < -0.4 is 0 Å². The smallest absolute Gasteiger partial charge is 0.165 e. The Labute approximate surface area is 113 Å². The van der Waals surface area contributed by atoms with Gasteiger partial charge in [0.05, 0.1) is 11.9 Å². The van der Waals surface area contributed by atoms with Gasteiger partial charge < -0.3 is 4.57 Å². The summed E-state index contributed by atoms with van der Waals surface area (Å²) in [6, 6.07) is 3.94. The Balaban J connectivity index is 2.17. The number of pyridine rings is 1. The summed E-state index contributed by atoms with van der Waals surface area (Å²) in [5.41, 5.74) is 4.27. The van der Waals surface area contributed by atoms with Gasteiger partial charge in [-0.05, 0) is 36.5 Å². The minimum absolute atomic E-state index is 0.0380. The maximum Gasteiger partial charge on any atom is 0.165 e. The molecule has 0 aliphatic heterocycles. The van der Waals surface area contributed by atoms with Crippen LogP contribution in [0.15, 0.2) is 30.7 Å². The average Bonchev–Trinajstić information content (AvgIpc) is 2.72. The van der Waals surface area contributed by atoms with Crippen LogP contribution in [0.25, 0.3) is 5.69 Å². The molecule has 98 valence electrons. The Kier molecular flexibility index (Phi) is 2.59. The summed E-state index contributed by atoms with van der Waals surface area (Å²) in [4.78, 5) is 16.4. The molecule has 3 heteroatoms. The first-order valence-electron chi connectivity index (χ1n) is 6.62. The van der Waals surface area contributed by atoms with Gasteiger partial charge in [-0.15, -0.1) is 0 Å². The normalized spacial score (nSPS) is 17.3. The third-order valence-electron chi connectivity index (χ3n) is 3.85. The van der Waals surface area contributed by atoms with Crippen LogP contribution in [0.2, 0.25) is 0 Å². The standard InChI is InChI=1S/C16H18N2O/c1-11-4-6-17-10-14(11)18-7-5-12-13(18)8-16(2,3)9-15(12)19/h4-7,10H,8-9H2,1-3H3. The second-order valence-electron chi connectivity index (χ2n) is 6.15. The molecule has 0 amide bonds. The quantitative estimate of drug-likeness (QED) is 0.782. The summed E-state index contributed by atoms with van der Waals surface area (Å²) in [6.07, 6.45) is 7.21. The van der Waals surface area contributed by atoms with Crippen LogP contribution in [0.4, 0.5) is 0 Å². The number of ketones is 1. The summed E-state index contributed by atoms with van der Waals surface area (Å²) in [6.45, 7) is 6.38. The van der Waals surface area contributed by atoms with E-state index in [4.69, 9.17) is 0 Å². The number of nitrogens with zero attached hydrogens (tertiary/aromatic N) is 2. The highest BCUT2D eigenvalue weighted by Gasteiger charge is 2.33. The van der Waals surface area contributed by atoms with Crippen molar-refractivity contribution in [3.05, 3.63) is 47.5 Å². The zero-order valence-electron chi connectivity index (χ0n) is 11.6. The van der Waals surface area contributed by atoms with Gasteiger partial charge in [0.2, 0.25) is 0 Å². The first kappa shape index (κ1) is 12.2. The maximum absolute atomic E-state index is 12.2. The molecule has 3 rings (SSSR count). The zero-order chi connectivity index (χ0) is 13.6. The molecule has 0 unspecified atom stereocenters. The van der Waals surface area contributed by atoms with E-state index in [1.165, 1.54) is 5.56 Å². The summed E-state index contributed by atoms with van der Waals surface area (Å²) in [7, 11) is 0. The van der Waals surface area contributed by atoms with Crippen LogP contribution in [0.1, 0.15) is 41.9 Å². The minimum Gasteiger partial charge on any atom is -0.318 e. The largest absolute Gasteiger partial charge is 0.318 e. The van der Waals surface area contributed by atoms with E-state index in [9.17, 15) is 4.79 Å². The van der Waals surface area contributed by atoms with Crippen molar-refractivity contribution < 1.29 is 4.79 Å². The Morgan fingerprint density at radius 1 is 1.26 bits per heavy atom. The Morgan fingerprint density at radius 2 is 2.05 bits per heavy atom. The van der Waals surface area contributed by atoms with E-state index in [-0.39, 0.29) is 11.2 Å². The van der Waals surface area contributed by atoms with E-state index < -0.39 is 0 Å². The fourth-order valence-corrected chi connectivity index (χ4v) is 2.88. The average molecular weight is 254 g/mol. The van der Waals surface area contributed by atoms with E-state index in [0.29, 0.717) is 6.42 Å². The highest BCUT2D eigenvalue weighted by atomic mass is 16.1. The van der Waals surface area contributed by atoms with E-state index >= 15 is 0 Å². The predicted octanol–water partition coefficient (Wildman–Crippen LogP) is 3.34. The van der Waals surface area contributed by atoms with Gasteiger partial charge in [-0.2, -0.15) is 0 Å². The molecule has 0 saturated carbocycles. The summed E-state index contributed by atoms with van der Waals surface area (Å²) in [5.74, 6) is 0.256. The molecule has 19 heavy (non-hydrogen) atoms. The molecule has 1 aliphatic carbocycles. The van der Waals surface area contributed by atoms with E-state index in [1.54, 1.807) is 6.20 Å². The number of aryl methyl sites for hydroxylation is 1. The minimum atomic E-state index is 0.0380. The monoisotopic (exact) mass is 254 g/mol. The van der Waals surface area contributed by atoms with Gasteiger partial charge in [0.25, 0.3) is 0 Å². The number of carbonyl (C=O) groups excluding carboxylic acids is 1. The van der Waals surface area contributed by atoms with Crippen molar-refractivity contribution in [1.82, 2.24) is 9.55 Å². The SMILES string of the molecule is Cc1ccncc1-n1ccc2c1CC(C)(C)CC2=O. The highest BCUT2D eigenvalue weighted by molar-refractivity contribution is 5.99. The third-order valence-corrected chi connectivity index (χ3v) is 3.85. The van der Waals surface area contributed by atoms with Gasteiger partial charge in [0.15, 0.2) is 5.78 Å². The molecule has 2 heterocycles. The number of carbonyl (C=O) groups is 1. The lowest BCUT2D eigenvalue weighted by Crippen LogP contribution is -2.27. The molecule has 2 aromatic rings. The fourth-order valence-electron chi connectivity index (χ4n) is 2.88. The number of hydrogen-bond donors (Lipinski definition) is 0. The van der Waals surface area contributed by atoms with Crippen molar-refractivity contribution in [1.29, 1.82) is 0 Å². The van der Waals surface area contributed by atoms with Gasteiger partial charge in [0.1, 0.15) is 0 Å². The van der Waals surface area contributed by atoms with E-state index in [2.05, 4.69) is 30.3 Å². The molecular weight excluding hydrogens is 236 g/mol. The molecule has 0 bridgehead atoms. The summed E-state index contributed by atoms with van der Waals surface area (Å²) in [5, 5.41) is 0. The molecule has 0 fully saturated rings. The third kappa shape index (κ3) is 1.99. The number of aromatic nitrogens is 2. The Hall–Kier alpha value is -1.90. The molecule has 0 aromatic carbocycles. The van der Waals surface area contributed by atoms with Gasteiger partial charge in [-0.25, -0.2) is 0 Å². The van der Waals surface area contributed by atoms with Crippen LogP contribution >= 0.6 is 0 Å². The molecule has 1 aliphatic rings. The number of fused-ring (bicyclic) bond motifs is 1. The second kappa shape index (κ2) is 4.05. The van der Waals surface area contributed by atoms with Crippen LogP contribution in [0, 0.1) is 12.3 Å². The molecular formula is C16H18N2O.